The second kappa shape index (κ2) is 2.00. The van der Waals surface area contributed by atoms with E-state index in [1.807, 2.05) is 0 Å². The van der Waals surface area contributed by atoms with Gasteiger partial charge in [0.2, 0.25) is 0 Å². The van der Waals surface area contributed by atoms with Crippen molar-refractivity contribution in [3.05, 3.63) is 0 Å². The first-order chi connectivity index (χ1) is 4.04. The van der Waals surface area contributed by atoms with Gasteiger partial charge in [-0.3, -0.25) is 0 Å². The van der Waals surface area contributed by atoms with E-state index in [1.165, 1.54) is 12.8 Å². The van der Waals surface area contributed by atoms with Gasteiger partial charge in [0.05, 0.1) is 0 Å². The van der Waals surface area contributed by atoms with Crippen LogP contribution in [0.4, 0.5) is 0 Å². The van der Waals surface area contributed by atoms with Gasteiger partial charge in [-0.1, -0.05) is 27.7 Å². The summed E-state index contributed by atoms with van der Waals surface area (Å²) in [6.45, 7) is 9.46. The van der Waals surface area contributed by atoms with Crippen molar-refractivity contribution in [2.75, 3.05) is 0 Å². The smallest absolute Gasteiger partial charge is 0.0323 e. The van der Waals surface area contributed by atoms with Gasteiger partial charge in [-0.25, -0.2) is 0 Å². The third-order valence-electron chi connectivity index (χ3n) is 2.91. The first-order valence-electron chi connectivity index (χ1n) is 4.04. The molecular weight excluding hydrogens is 108 g/mol. The fraction of sp³-hybridized carbons (Fsp3) is 1.00. The lowest BCUT2D eigenvalue weighted by atomic mass is 9.58. The summed E-state index contributed by atoms with van der Waals surface area (Å²) in [6.07, 6.45) is 2.90. The molecule has 0 aliphatic heterocycles. The maximum Gasteiger partial charge on any atom is -0.0323 e. The summed E-state index contributed by atoms with van der Waals surface area (Å²) in [4.78, 5) is 0. The van der Waals surface area contributed by atoms with E-state index in [0.29, 0.717) is 5.41 Å². The molecule has 1 rings (SSSR count). The predicted octanol–water partition coefficient (Wildman–Crippen LogP) is 3.08. The van der Waals surface area contributed by atoms with Crippen molar-refractivity contribution < 1.29 is 0 Å². The molecule has 0 bridgehead atoms. The Bertz CT molecular complexity index is 101. The standard InChI is InChI=1S/C9H18/c1-7(2)8-5-6-9(8,3)4/h7-8H,5-6H2,1-4H3/t8-/m1/s1. The van der Waals surface area contributed by atoms with E-state index >= 15 is 0 Å². The van der Waals surface area contributed by atoms with Crippen molar-refractivity contribution in [2.45, 2.75) is 40.5 Å². The van der Waals surface area contributed by atoms with E-state index < -0.39 is 0 Å². The van der Waals surface area contributed by atoms with E-state index in [4.69, 9.17) is 0 Å². The first-order valence-corrected chi connectivity index (χ1v) is 4.04. The molecule has 0 N–H and O–H groups in total. The van der Waals surface area contributed by atoms with Crippen LogP contribution in [0.2, 0.25) is 0 Å². The maximum atomic E-state index is 2.39. The topological polar surface area (TPSA) is 0 Å². The van der Waals surface area contributed by atoms with Crippen LogP contribution in [0.1, 0.15) is 40.5 Å². The lowest BCUT2D eigenvalue weighted by Crippen LogP contribution is -2.37. The van der Waals surface area contributed by atoms with Crippen LogP contribution >= 0.6 is 0 Å². The van der Waals surface area contributed by atoms with Crippen LogP contribution in [0.15, 0.2) is 0 Å². The fourth-order valence-electron chi connectivity index (χ4n) is 2.12. The van der Waals surface area contributed by atoms with Crippen molar-refractivity contribution in [3.63, 3.8) is 0 Å². The molecule has 0 amide bonds. The van der Waals surface area contributed by atoms with Crippen LogP contribution in [-0.4, -0.2) is 0 Å². The van der Waals surface area contributed by atoms with Crippen molar-refractivity contribution in [1.29, 1.82) is 0 Å². The highest BCUT2D eigenvalue weighted by Crippen LogP contribution is 2.49. The van der Waals surface area contributed by atoms with Crippen molar-refractivity contribution in [1.82, 2.24) is 0 Å². The van der Waals surface area contributed by atoms with Crippen LogP contribution in [0.3, 0.4) is 0 Å². The monoisotopic (exact) mass is 126 g/mol. The molecule has 0 aromatic heterocycles. The predicted molar refractivity (Wildman–Crippen MR) is 41.3 cm³/mol. The molecule has 1 fully saturated rings. The second-order valence-corrected chi connectivity index (χ2v) is 4.38. The average molecular weight is 126 g/mol. The van der Waals surface area contributed by atoms with Crippen LogP contribution in [0.25, 0.3) is 0 Å². The van der Waals surface area contributed by atoms with Gasteiger partial charge in [-0.15, -0.1) is 0 Å². The second-order valence-electron chi connectivity index (χ2n) is 4.38. The van der Waals surface area contributed by atoms with Crippen molar-refractivity contribution >= 4 is 0 Å². The highest BCUT2D eigenvalue weighted by molar-refractivity contribution is 4.89. The van der Waals surface area contributed by atoms with Crippen molar-refractivity contribution in [2.24, 2.45) is 17.3 Å². The summed E-state index contributed by atoms with van der Waals surface area (Å²) in [6, 6.07) is 0. The molecule has 0 radical (unpaired) electrons. The molecule has 1 atom stereocenters. The maximum absolute atomic E-state index is 2.39. The quantitative estimate of drug-likeness (QED) is 0.506. The van der Waals surface area contributed by atoms with E-state index in [0.717, 1.165) is 11.8 Å². The van der Waals surface area contributed by atoms with Crippen LogP contribution in [-0.2, 0) is 0 Å². The lowest BCUT2D eigenvalue weighted by Gasteiger charge is -2.47. The Morgan fingerprint density at radius 2 is 1.89 bits per heavy atom. The average Bonchev–Trinajstić information content (AvgIpc) is 1.62. The SMILES string of the molecule is CC(C)[C@H]1CCC1(C)C. The zero-order valence-electron chi connectivity index (χ0n) is 7.07. The van der Waals surface area contributed by atoms with Gasteiger partial charge in [0.25, 0.3) is 0 Å². The van der Waals surface area contributed by atoms with E-state index in [9.17, 15) is 0 Å². The number of hydrogen-bond donors (Lipinski definition) is 0. The molecule has 0 unspecified atom stereocenters. The molecule has 1 aliphatic carbocycles. The minimum absolute atomic E-state index is 0.661. The van der Waals surface area contributed by atoms with Gasteiger partial charge >= 0.3 is 0 Å². The summed E-state index contributed by atoms with van der Waals surface area (Å²) in [5, 5.41) is 0. The molecule has 0 saturated heterocycles. The fourth-order valence-corrected chi connectivity index (χ4v) is 2.12. The van der Waals surface area contributed by atoms with Crippen LogP contribution in [0.5, 0.6) is 0 Å². The van der Waals surface area contributed by atoms with E-state index in [-0.39, 0.29) is 0 Å². The third kappa shape index (κ3) is 1.12. The van der Waals surface area contributed by atoms with E-state index in [2.05, 4.69) is 27.7 Å². The Kier molecular flexibility index (Phi) is 1.58. The zero-order chi connectivity index (χ0) is 7.07. The Balaban J connectivity index is 2.45. The Labute approximate surface area is 58.7 Å². The van der Waals surface area contributed by atoms with E-state index in [1.54, 1.807) is 0 Å². The van der Waals surface area contributed by atoms with Crippen molar-refractivity contribution in [3.8, 4) is 0 Å². The van der Waals surface area contributed by atoms with Gasteiger partial charge in [-0.05, 0) is 30.1 Å². The summed E-state index contributed by atoms with van der Waals surface area (Å²) in [5.41, 5.74) is 0.661. The van der Waals surface area contributed by atoms with Gasteiger partial charge in [-0.2, -0.15) is 0 Å². The summed E-state index contributed by atoms with van der Waals surface area (Å²) in [5.74, 6) is 1.89. The Morgan fingerprint density at radius 1 is 1.33 bits per heavy atom. The van der Waals surface area contributed by atoms with Gasteiger partial charge in [0, 0.05) is 0 Å². The van der Waals surface area contributed by atoms with Gasteiger partial charge in [0.1, 0.15) is 0 Å². The summed E-state index contributed by atoms with van der Waals surface area (Å²) < 4.78 is 0. The normalized spacial score (nSPS) is 32.3. The Morgan fingerprint density at radius 3 is 1.89 bits per heavy atom. The highest BCUT2D eigenvalue weighted by atomic mass is 14.4. The summed E-state index contributed by atoms with van der Waals surface area (Å²) >= 11 is 0. The van der Waals surface area contributed by atoms with Gasteiger partial charge < -0.3 is 0 Å². The molecule has 1 aliphatic rings. The summed E-state index contributed by atoms with van der Waals surface area (Å²) in [7, 11) is 0. The number of rotatable bonds is 1. The molecule has 0 aromatic rings. The molecule has 54 valence electrons. The molecular formula is C9H18. The van der Waals surface area contributed by atoms with Crippen LogP contribution < -0.4 is 0 Å². The molecule has 0 aromatic carbocycles. The lowest BCUT2D eigenvalue weighted by molar-refractivity contribution is 0.0330. The minimum Gasteiger partial charge on any atom is -0.0625 e. The van der Waals surface area contributed by atoms with Gasteiger partial charge in [0.15, 0.2) is 0 Å². The van der Waals surface area contributed by atoms with Crippen LogP contribution in [0, 0.1) is 17.3 Å². The molecule has 0 heterocycles. The number of hydrogen-bond acceptors (Lipinski definition) is 0. The third-order valence-corrected chi connectivity index (χ3v) is 2.91. The molecule has 0 nitrogen and oxygen atoms in total. The minimum atomic E-state index is 0.661. The molecule has 0 spiro atoms. The zero-order valence-corrected chi connectivity index (χ0v) is 7.07. The largest absolute Gasteiger partial charge is 0.0625 e. The molecule has 1 saturated carbocycles. The highest BCUT2D eigenvalue weighted by Gasteiger charge is 2.39. The molecule has 9 heavy (non-hydrogen) atoms. The Hall–Kier alpha value is 0. The molecule has 0 heteroatoms. The first kappa shape index (κ1) is 7.11.